The van der Waals surface area contributed by atoms with Gasteiger partial charge in [-0.25, -0.2) is 0 Å². The largest absolute Gasteiger partial charge is 0.396 e. The Morgan fingerprint density at radius 3 is 2.69 bits per heavy atom. The summed E-state index contributed by atoms with van der Waals surface area (Å²) in [6.45, 7) is 8.59. The molecule has 1 heterocycles. The highest BCUT2D eigenvalue weighted by molar-refractivity contribution is 5.10. The molecule has 1 atom stereocenters. The lowest BCUT2D eigenvalue weighted by atomic mass is 9.95. The molecule has 0 aliphatic rings. The third-order valence-electron chi connectivity index (χ3n) is 3.34. The fourth-order valence-electron chi connectivity index (χ4n) is 1.74. The molecular weight excluding hydrogens is 200 g/mol. The first-order chi connectivity index (χ1) is 7.63. The van der Waals surface area contributed by atoms with Crippen LogP contribution >= 0.6 is 0 Å². The van der Waals surface area contributed by atoms with E-state index in [4.69, 9.17) is 5.11 Å². The number of aryl methyl sites for hydroxylation is 1. The predicted molar refractivity (Wildman–Crippen MR) is 67.3 cm³/mol. The van der Waals surface area contributed by atoms with E-state index in [1.807, 2.05) is 0 Å². The molecule has 3 nitrogen and oxygen atoms in total. The van der Waals surface area contributed by atoms with Gasteiger partial charge in [-0.2, -0.15) is 0 Å². The molecule has 92 valence electrons. The lowest BCUT2D eigenvalue weighted by Crippen LogP contribution is -2.41. The van der Waals surface area contributed by atoms with Crippen molar-refractivity contribution in [2.24, 2.45) is 0 Å². The van der Waals surface area contributed by atoms with E-state index in [-0.39, 0.29) is 12.1 Å². The number of rotatable bonds is 7. The molecular formula is C13H24N2O. The quantitative estimate of drug-likeness (QED) is 0.744. The molecule has 0 amide bonds. The Balaban J connectivity index is 2.48. The zero-order chi connectivity index (χ0) is 12.0. The first kappa shape index (κ1) is 13.3. The second-order valence-corrected chi connectivity index (χ2v) is 4.59. The van der Waals surface area contributed by atoms with E-state index in [9.17, 15) is 0 Å². The van der Waals surface area contributed by atoms with Gasteiger partial charge in [-0.05, 0) is 38.3 Å². The molecule has 0 fully saturated rings. The van der Waals surface area contributed by atoms with Crippen LogP contribution in [0.1, 0.15) is 39.2 Å². The van der Waals surface area contributed by atoms with Crippen LogP contribution in [0, 0.1) is 0 Å². The van der Waals surface area contributed by atoms with Crippen molar-refractivity contribution in [2.45, 2.75) is 52.2 Å². The van der Waals surface area contributed by atoms with Crippen molar-refractivity contribution in [3.05, 3.63) is 24.0 Å². The zero-order valence-electron chi connectivity index (χ0n) is 10.7. The lowest BCUT2D eigenvalue weighted by Gasteiger charge is -2.29. The number of aromatic nitrogens is 1. The molecule has 0 radical (unpaired) electrons. The van der Waals surface area contributed by atoms with Gasteiger partial charge in [0.2, 0.25) is 0 Å². The van der Waals surface area contributed by atoms with Crippen LogP contribution in [0.25, 0.3) is 0 Å². The number of hydrogen-bond acceptors (Lipinski definition) is 2. The van der Waals surface area contributed by atoms with Crippen molar-refractivity contribution in [1.82, 2.24) is 9.88 Å². The monoisotopic (exact) mass is 224 g/mol. The summed E-state index contributed by atoms with van der Waals surface area (Å²) in [5.74, 6) is 0. The molecule has 0 spiro atoms. The van der Waals surface area contributed by atoms with Gasteiger partial charge in [0.05, 0.1) is 0 Å². The minimum atomic E-state index is 0.0447. The van der Waals surface area contributed by atoms with E-state index in [0.29, 0.717) is 0 Å². The summed E-state index contributed by atoms with van der Waals surface area (Å²) in [5, 5.41) is 12.6. The van der Waals surface area contributed by atoms with Crippen LogP contribution in [-0.4, -0.2) is 21.8 Å². The standard InChI is InChI=1S/C13H24N2O/c1-4-13(3,7-9-16)14-10-12-6-8-15(5-2)11-12/h6,8,11,14,16H,4-5,7,9-10H2,1-3H3. The highest BCUT2D eigenvalue weighted by atomic mass is 16.3. The molecule has 16 heavy (non-hydrogen) atoms. The predicted octanol–water partition coefficient (Wildman–Crippen LogP) is 2.15. The minimum absolute atomic E-state index is 0.0447. The van der Waals surface area contributed by atoms with E-state index in [1.54, 1.807) is 0 Å². The molecule has 1 rings (SSSR count). The van der Waals surface area contributed by atoms with Crippen LogP contribution in [0.15, 0.2) is 18.5 Å². The van der Waals surface area contributed by atoms with Crippen LogP contribution in [0.5, 0.6) is 0 Å². The van der Waals surface area contributed by atoms with E-state index in [2.05, 4.69) is 49.1 Å². The number of nitrogens with zero attached hydrogens (tertiary/aromatic N) is 1. The Morgan fingerprint density at radius 2 is 2.19 bits per heavy atom. The van der Waals surface area contributed by atoms with Gasteiger partial charge in [0.25, 0.3) is 0 Å². The number of aliphatic hydroxyl groups is 1. The Kier molecular flexibility index (Phi) is 5.03. The van der Waals surface area contributed by atoms with Gasteiger partial charge >= 0.3 is 0 Å². The summed E-state index contributed by atoms with van der Waals surface area (Å²) in [6.07, 6.45) is 6.11. The number of aliphatic hydroxyl groups excluding tert-OH is 1. The van der Waals surface area contributed by atoms with Crippen molar-refractivity contribution in [1.29, 1.82) is 0 Å². The first-order valence-electron chi connectivity index (χ1n) is 6.14. The van der Waals surface area contributed by atoms with Crippen molar-refractivity contribution in [3.63, 3.8) is 0 Å². The molecule has 1 aromatic heterocycles. The average Bonchev–Trinajstić information content (AvgIpc) is 2.75. The summed E-state index contributed by atoms with van der Waals surface area (Å²) in [6, 6.07) is 2.14. The third kappa shape index (κ3) is 3.65. The Morgan fingerprint density at radius 1 is 1.44 bits per heavy atom. The van der Waals surface area contributed by atoms with Crippen molar-refractivity contribution in [3.8, 4) is 0 Å². The Bertz CT molecular complexity index is 309. The highest BCUT2D eigenvalue weighted by Gasteiger charge is 2.20. The SMILES string of the molecule is CCn1ccc(CNC(C)(CC)CCO)c1. The maximum absolute atomic E-state index is 9.03. The fourth-order valence-corrected chi connectivity index (χ4v) is 1.74. The summed E-state index contributed by atoms with van der Waals surface area (Å²) >= 11 is 0. The Labute approximate surface area is 98.5 Å². The molecule has 0 aliphatic carbocycles. The number of hydrogen-bond donors (Lipinski definition) is 2. The molecule has 1 aromatic rings. The van der Waals surface area contributed by atoms with Gasteiger partial charge in [-0.15, -0.1) is 0 Å². The molecule has 3 heteroatoms. The molecule has 0 saturated heterocycles. The normalized spacial score (nSPS) is 15.0. The van der Waals surface area contributed by atoms with Gasteiger partial charge in [0, 0.05) is 37.6 Å². The van der Waals surface area contributed by atoms with Crippen molar-refractivity contribution >= 4 is 0 Å². The number of nitrogens with one attached hydrogen (secondary N) is 1. The molecule has 2 N–H and O–H groups in total. The van der Waals surface area contributed by atoms with Crippen LogP contribution in [-0.2, 0) is 13.1 Å². The second kappa shape index (κ2) is 6.06. The van der Waals surface area contributed by atoms with Gasteiger partial charge in [0.15, 0.2) is 0 Å². The summed E-state index contributed by atoms with van der Waals surface area (Å²) in [7, 11) is 0. The highest BCUT2D eigenvalue weighted by Crippen LogP contribution is 2.15. The summed E-state index contributed by atoms with van der Waals surface area (Å²) in [5.41, 5.74) is 1.35. The van der Waals surface area contributed by atoms with Crippen LogP contribution in [0.3, 0.4) is 0 Å². The maximum atomic E-state index is 9.03. The molecule has 0 saturated carbocycles. The molecule has 0 aromatic carbocycles. The topological polar surface area (TPSA) is 37.2 Å². The van der Waals surface area contributed by atoms with Crippen molar-refractivity contribution < 1.29 is 5.11 Å². The molecule has 0 bridgehead atoms. The first-order valence-corrected chi connectivity index (χ1v) is 6.14. The van der Waals surface area contributed by atoms with Gasteiger partial charge in [-0.1, -0.05) is 6.92 Å². The summed E-state index contributed by atoms with van der Waals surface area (Å²) in [4.78, 5) is 0. The zero-order valence-corrected chi connectivity index (χ0v) is 10.7. The average molecular weight is 224 g/mol. The van der Waals surface area contributed by atoms with E-state index < -0.39 is 0 Å². The second-order valence-electron chi connectivity index (χ2n) is 4.59. The van der Waals surface area contributed by atoms with Crippen LogP contribution in [0.4, 0.5) is 0 Å². The van der Waals surface area contributed by atoms with Gasteiger partial charge in [0.1, 0.15) is 0 Å². The molecule has 0 aliphatic heterocycles. The van der Waals surface area contributed by atoms with E-state index >= 15 is 0 Å². The third-order valence-corrected chi connectivity index (χ3v) is 3.34. The summed E-state index contributed by atoms with van der Waals surface area (Å²) < 4.78 is 2.17. The van der Waals surface area contributed by atoms with Gasteiger partial charge < -0.3 is 15.0 Å². The van der Waals surface area contributed by atoms with Crippen LogP contribution in [0.2, 0.25) is 0 Å². The smallest absolute Gasteiger partial charge is 0.0448 e. The van der Waals surface area contributed by atoms with Crippen LogP contribution < -0.4 is 5.32 Å². The van der Waals surface area contributed by atoms with Crippen molar-refractivity contribution in [2.75, 3.05) is 6.61 Å². The van der Waals surface area contributed by atoms with Gasteiger partial charge in [-0.3, -0.25) is 0 Å². The Hall–Kier alpha value is -0.800. The fraction of sp³-hybridized carbons (Fsp3) is 0.692. The maximum Gasteiger partial charge on any atom is 0.0448 e. The lowest BCUT2D eigenvalue weighted by molar-refractivity contribution is 0.214. The van der Waals surface area contributed by atoms with E-state index in [1.165, 1.54) is 5.56 Å². The minimum Gasteiger partial charge on any atom is -0.396 e. The van der Waals surface area contributed by atoms with E-state index in [0.717, 1.165) is 25.9 Å². The molecule has 1 unspecified atom stereocenters.